The maximum absolute atomic E-state index is 13.5. The predicted molar refractivity (Wildman–Crippen MR) is 127 cm³/mol. The number of methoxy groups -OCH3 is 1. The minimum Gasteiger partial charge on any atom is -0.497 e. The Labute approximate surface area is 194 Å². The Kier molecular flexibility index (Phi) is 6.87. The minimum atomic E-state index is -0.280. The van der Waals surface area contributed by atoms with Crippen molar-refractivity contribution < 1.29 is 13.9 Å². The summed E-state index contributed by atoms with van der Waals surface area (Å²) < 4.78 is 18.8. The Hall–Kier alpha value is -3.48. The zero-order valence-corrected chi connectivity index (χ0v) is 19.3. The monoisotopic (exact) mass is 448 g/mol. The highest BCUT2D eigenvalue weighted by Crippen LogP contribution is 2.34. The van der Waals surface area contributed by atoms with Gasteiger partial charge in [0.1, 0.15) is 11.6 Å². The number of benzene rings is 2. The Morgan fingerprint density at radius 1 is 1.21 bits per heavy atom. The van der Waals surface area contributed by atoms with Gasteiger partial charge >= 0.3 is 0 Å². The van der Waals surface area contributed by atoms with Crippen molar-refractivity contribution in [3.63, 3.8) is 0 Å². The first-order chi connectivity index (χ1) is 15.9. The van der Waals surface area contributed by atoms with Crippen LogP contribution in [-0.4, -0.2) is 55.1 Å². The van der Waals surface area contributed by atoms with Crippen molar-refractivity contribution in [1.29, 1.82) is 0 Å². The normalized spacial score (nSPS) is 15.9. The van der Waals surface area contributed by atoms with Crippen LogP contribution in [-0.2, 0) is 11.2 Å². The van der Waals surface area contributed by atoms with Gasteiger partial charge in [0.25, 0.3) is 0 Å². The Balaban J connectivity index is 1.59. The van der Waals surface area contributed by atoms with Crippen LogP contribution in [0.5, 0.6) is 5.75 Å². The molecule has 0 bridgehead atoms. The third kappa shape index (κ3) is 5.30. The first-order valence-corrected chi connectivity index (χ1v) is 11.2. The van der Waals surface area contributed by atoms with Crippen molar-refractivity contribution in [2.24, 2.45) is 0 Å². The van der Waals surface area contributed by atoms with Gasteiger partial charge in [0, 0.05) is 44.9 Å². The maximum Gasteiger partial charge on any atom is 0.227 e. The fraction of sp³-hybridized carbons (Fsp3) is 0.346. The van der Waals surface area contributed by atoms with Gasteiger partial charge in [-0.05, 0) is 48.2 Å². The summed E-state index contributed by atoms with van der Waals surface area (Å²) in [6, 6.07) is 14.0. The van der Waals surface area contributed by atoms with Crippen molar-refractivity contribution in [3.8, 4) is 16.9 Å². The zero-order valence-electron chi connectivity index (χ0n) is 19.3. The highest BCUT2D eigenvalue weighted by molar-refractivity contribution is 5.79. The van der Waals surface area contributed by atoms with Gasteiger partial charge in [-0.1, -0.05) is 24.3 Å². The van der Waals surface area contributed by atoms with Crippen molar-refractivity contribution in [2.45, 2.75) is 25.2 Å². The van der Waals surface area contributed by atoms with Gasteiger partial charge in [-0.15, -0.1) is 0 Å². The van der Waals surface area contributed by atoms with Crippen LogP contribution in [0.4, 0.5) is 10.3 Å². The predicted octanol–water partition coefficient (Wildman–Crippen LogP) is 4.31. The van der Waals surface area contributed by atoms with Crippen LogP contribution < -0.4 is 9.64 Å². The standard InChI is InChI=1S/C26H29FN4O2/c1-30(2)26-28-16-23(19-9-11-21(27)12-10-19)25(29-26)20-7-5-13-31(17-20)24(32)15-18-6-4-8-22(14-18)33-3/h4,6,8-12,14,16,20H,5,7,13,15,17H2,1-3H3/t20-/m1/s1. The number of halogens is 1. The number of rotatable bonds is 6. The highest BCUT2D eigenvalue weighted by Gasteiger charge is 2.28. The molecular weight excluding hydrogens is 419 g/mol. The molecule has 2 aromatic carbocycles. The molecule has 0 unspecified atom stereocenters. The molecule has 1 fully saturated rings. The van der Waals surface area contributed by atoms with E-state index in [0.29, 0.717) is 18.9 Å². The van der Waals surface area contributed by atoms with Crippen LogP contribution >= 0.6 is 0 Å². The molecule has 4 rings (SSSR count). The summed E-state index contributed by atoms with van der Waals surface area (Å²) in [6.45, 7) is 1.33. The van der Waals surface area contributed by atoms with Crippen LogP contribution in [0.2, 0.25) is 0 Å². The Morgan fingerprint density at radius 3 is 2.73 bits per heavy atom. The number of nitrogens with zero attached hydrogens (tertiary/aromatic N) is 4. The number of ether oxygens (including phenoxy) is 1. The number of carbonyl (C=O) groups is 1. The smallest absolute Gasteiger partial charge is 0.227 e. The van der Waals surface area contributed by atoms with Crippen LogP contribution in [0.3, 0.4) is 0 Å². The van der Waals surface area contributed by atoms with Gasteiger partial charge in [-0.3, -0.25) is 4.79 Å². The van der Waals surface area contributed by atoms with E-state index in [1.54, 1.807) is 19.2 Å². The number of carbonyl (C=O) groups excluding carboxylic acids is 1. The first-order valence-electron chi connectivity index (χ1n) is 11.2. The average Bonchev–Trinajstić information content (AvgIpc) is 2.84. The fourth-order valence-corrected chi connectivity index (χ4v) is 4.26. The minimum absolute atomic E-state index is 0.0785. The van der Waals surface area contributed by atoms with E-state index in [2.05, 4.69) is 4.98 Å². The first kappa shape index (κ1) is 22.7. The van der Waals surface area contributed by atoms with Crippen LogP contribution in [0.1, 0.15) is 30.0 Å². The summed E-state index contributed by atoms with van der Waals surface area (Å²) in [7, 11) is 5.43. The number of aromatic nitrogens is 2. The molecule has 0 spiro atoms. The van der Waals surface area contributed by atoms with E-state index in [1.165, 1.54) is 12.1 Å². The van der Waals surface area contributed by atoms with E-state index in [0.717, 1.165) is 47.5 Å². The summed E-state index contributed by atoms with van der Waals surface area (Å²) in [6.07, 6.45) is 3.98. The van der Waals surface area contributed by atoms with Crippen molar-refractivity contribution in [1.82, 2.24) is 14.9 Å². The second kappa shape index (κ2) is 9.98. The molecule has 1 amide bonds. The van der Waals surface area contributed by atoms with E-state index in [1.807, 2.05) is 54.4 Å². The van der Waals surface area contributed by atoms with E-state index in [4.69, 9.17) is 9.72 Å². The topological polar surface area (TPSA) is 58.6 Å². The van der Waals surface area contributed by atoms with Gasteiger partial charge < -0.3 is 14.5 Å². The molecule has 0 N–H and O–H groups in total. The van der Waals surface area contributed by atoms with E-state index in [9.17, 15) is 9.18 Å². The molecule has 33 heavy (non-hydrogen) atoms. The molecule has 0 saturated carbocycles. The van der Waals surface area contributed by atoms with Gasteiger partial charge in [-0.25, -0.2) is 14.4 Å². The lowest BCUT2D eigenvalue weighted by molar-refractivity contribution is -0.131. The van der Waals surface area contributed by atoms with E-state index in [-0.39, 0.29) is 17.6 Å². The number of hydrogen-bond acceptors (Lipinski definition) is 5. The number of likely N-dealkylation sites (tertiary alicyclic amines) is 1. The number of hydrogen-bond donors (Lipinski definition) is 0. The third-order valence-electron chi connectivity index (χ3n) is 6.01. The SMILES string of the molecule is COc1cccc(CC(=O)N2CCC[C@@H](c3nc(N(C)C)ncc3-c3ccc(F)cc3)C2)c1. The third-order valence-corrected chi connectivity index (χ3v) is 6.01. The molecule has 0 radical (unpaired) electrons. The van der Waals surface area contributed by atoms with Crippen LogP contribution in [0, 0.1) is 5.82 Å². The quantitative estimate of drug-likeness (QED) is 0.563. The number of piperidine rings is 1. The summed E-state index contributed by atoms with van der Waals surface area (Å²) >= 11 is 0. The molecule has 1 aromatic heterocycles. The lowest BCUT2D eigenvalue weighted by Gasteiger charge is -2.33. The maximum atomic E-state index is 13.5. The molecule has 1 aliphatic heterocycles. The molecule has 1 aliphatic rings. The number of anilines is 1. The van der Waals surface area contributed by atoms with E-state index >= 15 is 0 Å². The fourth-order valence-electron chi connectivity index (χ4n) is 4.26. The van der Waals surface area contributed by atoms with Crippen molar-refractivity contribution in [3.05, 3.63) is 71.8 Å². The molecule has 2 heterocycles. The molecule has 1 atom stereocenters. The molecule has 172 valence electrons. The summed E-state index contributed by atoms with van der Waals surface area (Å²) in [5.41, 5.74) is 3.59. The van der Waals surface area contributed by atoms with Crippen LogP contribution in [0.25, 0.3) is 11.1 Å². The van der Waals surface area contributed by atoms with Crippen molar-refractivity contribution >= 4 is 11.9 Å². The molecular formula is C26H29FN4O2. The molecule has 0 aliphatic carbocycles. The average molecular weight is 449 g/mol. The van der Waals surface area contributed by atoms with E-state index < -0.39 is 0 Å². The van der Waals surface area contributed by atoms with Gasteiger partial charge in [-0.2, -0.15) is 0 Å². The summed E-state index contributed by atoms with van der Waals surface area (Å²) in [5, 5.41) is 0. The molecule has 6 nitrogen and oxygen atoms in total. The molecule has 3 aromatic rings. The summed E-state index contributed by atoms with van der Waals surface area (Å²) in [4.78, 5) is 26.3. The van der Waals surface area contributed by atoms with Gasteiger partial charge in [0.05, 0.1) is 19.2 Å². The van der Waals surface area contributed by atoms with Crippen LogP contribution in [0.15, 0.2) is 54.7 Å². The van der Waals surface area contributed by atoms with Gasteiger partial charge in [0.2, 0.25) is 11.9 Å². The molecule has 7 heteroatoms. The Bertz CT molecular complexity index is 1120. The lowest BCUT2D eigenvalue weighted by atomic mass is 9.89. The zero-order chi connectivity index (χ0) is 23.4. The second-order valence-electron chi connectivity index (χ2n) is 8.58. The molecule has 1 saturated heterocycles. The number of amides is 1. The van der Waals surface area contributed by atoms with Gasteiger partial charge in [0.15, 0.2) is 0 Å². The largest absolute Gasteiger partial charge is 0.497 e. The second-order valence-corrected chi connectivity index (χ2v) is 8.58. The highest BCUT2D eigenvalue weighted by atomic mass is 19.1. The Morgan fingerprint density at radius 2 is 2.00 bits per heavy atom. The van der Waals surface area contributed by atoms with Crippen molar-refractivity contribution in [2.75, 3.05) is 39.2 Å². The lowest BCUT2D eigenvalue weighted by Crippen LogP contribution is -2.40. The summed E-state index contributed by atoms with van der Waals surface area (Å²) in [5.74, 6) is 1.26.